The fraction of sp³-hybridized carbons (Fsp3) is 0.267. The molecule has 6 heteroatoms. The molecule has 0 unspecified atom stereocenters. The maximum Gasteiger partial charge on any atom is 0.227 e. The monoisotopic (exact) mass is 280 g/mol. The second kappa shape index (κ2) is 6.20. The summed E-state index contributed by atoms with van der Waals surface area (Å²) < 4.78 is 0. The van der Waals surface area contributed by atoms with Crippen LogP contribution in [0.4, 0.5) is 17.3 Å². The molecule has 0 atom stereocenters. The van der Waals surface area contributed by atoms with E-state index >= 15 is 0 Å². The van der Waals surface area contributed by atoms with Crippen molar-refractivity contribution in [3.8, 4) is 6.07 Å². The molecule has 0 bridgehead atoms. The third-order valence-electron chi connectivity index (χ3n) is 3.40. The van der Waals surface area contributed by atoms with Crippen molar-refractivity contribution in [2.45, 2.75) is 0 Å². The van der Waals surface area contributed by atoms with Gasteiger partial charge in [0, 0.05) is 38.6 Å². The Hall–Kier alpha value is -2.65. The average molecular weight is 280 g/mol. The van der Waals surface area contributed by atoms with Crippen LogP contribution in [0, 0.1) is 11.3 Å². The zero-order valence-corrected chi connectivity index (χ0v) is 11.6. The number of anilines is 3. The summed E-state index contributed by atoms with van der Waals surface area (Å²) in [4.78, 5) is 10.7. The molecule has 3 rings (SSSR count). The van der Waals surface area contributed by atoms with E-state index in [4.69, 9.17) is 5.26 Å². The second-order valence-electron chi connectivity index (χ2n) is 4.78. The van der Waals surface area contributed by atoms with Gasteiger partial charge in [-0.3, -0.25) is 0 Å². The number of rotatable bonds is 3. The lowest BCUT2D eigenvalue weighted by molar-refractivity contribution is 0.589. The molecule has 2 heterocycles. The van der Waals surface area contributed by atoms with Crippen molar-refractivity contribution in [2.75, 3.05) is 36.4 Å². The standard InChI is InChI=1S/C15H16N6/c16-11-12-2-3-14(21-8-6-17-7-9-21)13(10-12)20-15-18-4-1-5-19-15/h1-5,10,17H,6-9H2,(H,18,19,20). The van der Waals surface area contributed by atoms with Crippen LogP contribution in [0.2, 0.25) is 0 Å². The molecule has 106 valence electrons. The van der Waals surface area contributed by atoms with E-state index in [1.165, 1.54) is 0 Å². The number of nitriles is 1. The van der Waals surface area contributed by atoms with Crippen LogP contribution in [0.5, 0.6) is 0 Å². The third-order valence-corrected chi connectivity index (χ3v) is 3.40. The molecular weight excluding hydrogens is 264 g/mol. The van der Waals surface area contributed by atoms with Crippen LogP contribution in [0.15, 0.2) is 36.7 Å². The predicted molar refractivity (Wildman–Crippen MR) is 81.6 cm³/mol. The maximum atomic E-state index is 9.10. The Bertz CT molecular complexity index is 643. The highest BCUT2D eigenvalue weighted by Crippen LogP contribution is 2.29. The molecule has 0 radical (unpaired) electrons. The van der Waals surface area contributed by atoms with Crippen molar-refractivity contribution < 1.29 is 0 Å². The molecular formula is C15H16N6. The SMILES string of the molecule is N#Cc1ccc(N2CCNCC2)c(Nc2ncccn2)c1. The van der Waals surface area contributed by atoms with Crippen LogP contribution in [0.3, 0.4) is 0 Å². The van der Waals surface area contributed by atoms with Crippen molar-refractivity contribution in [1.82, 2.24) is 15.3 Å². The molecule has 0 aliphatic carbocycles. The van der Waals surface area contributed by atoms with Gasteiger partial charge in [0.15, 0.2) is 0 Å². The van der Waals surface area contributed by atoms with Crippen molar-refractivity contribution in [3.63, 3.8) is 0 Å². The highest BCUT2D eigenvalue weighted by Gasteiger charge is 2.15. The van der Waals surface area contributed by atoms with Crippen LogP contribution >= 0.6 is 0 Å². The number of nitrogens with zero attached hydrogens (tertiary/aromatic N) is 4. The zero-order valence-electron chi connectivity index (χ0n) is 11.6. The Labute approximate surface area is 123 Å². The molecule has 2 N–H and O–H groups in total. The molecule has 1 aliphatic heterocycles. The molecule has 21 heavy (non-hydrogen) atoms. The summed E-state index contributed by atoms with van der Waals surface area (Å²) in [5, 5.41) is 15.6. The lowest BCUT2D eigenvalue weighted by Gasteiger charge is -2.31. The van der Waals surface area contributed by atoms with E-state index in [0.717, 1.165) is 37.6 Å². The van der Waals surface area contributed by atoms with Crippen molar-refractivity contribution in [2.24, 2.45) is 0 Å². The Morgan fingerprint density at radius 1 is 1.19 bits per heavy atom. The molecule has 0 saturated carbocycles. The largest absolute Gasteiger partial charge is 0.367 e. The normalized spacial score (nSPS) is 14.5. The number of aromatic nitrogens is 2. The molecule has 0 spiro atoms. The summed E-state index contributed by atoms with van der Waals surface area (Å²) in [6.45, 7) is 3.80. The van der Waals surface area contributed by atoms with Gasteiger partial charge < -0.3 is 15.5 Å². The van der Waals surface area contributed by atoms with Crippen molar-refractivity contribution in [1.29, 1.82) is 5.26 Å². The van der Waals surface area contributed by atoms with Gasteiger partial charge in [0.05, 0.1) is 23.0 Å². The second-order valence-corrected chi connectivity index (χ2v) is 4.78. The van der Waals surface area contributed by atoms with E-state index in [-0.39, 0.29) is 0 Å². The Balaban J connectivity index is 1.93. The summed E-state index contributed by atoms with van der Waals surface area (Å²) in [5.41, 5.74) is 2.55. The summed E-state index contributed by atoms with van der Waals surface area (Å²) in [6.07, 6.45) is 3.38. The summed E-state index contributed by atoms with van der Waals surface area (Å²) in [6, 6.07) is 9.61. The van der Waals surface area contributed by atoms with Gasteiger partial charge in [0.2, 0.25) is 5.95 Å². The first-order valence-electron chi connectivity index (χ1n) is 6.91. The van der Waals surface area contributed by atoms with Crippen LogP contribution < -0.4 is 15.5 Å². The molecule has 1 aromatic carbocycles. The number of piperazine rings is 1. The number of hydrogen-bond donors (Lipinski definition) is 2. The lowest BCUT2D eigenvalue weighted by Crippen LogP contribution is -2.43. The van der Waals surface area contributed by atoms with Gasteiger partial charge in [-0.1, -0.05) is 0 Å². The molecule has 1 aromatic heterocycles. The Morgan fingerprint density at radius 3 is 2.67 bits per heavy atom. The fourth-order valence-electron chi connectivity index (χ4n) is 2.37. The van der Waals surface area contributed by atoms with Crippen LogP contribution in [-0.4, -0.2) is 36.1 Å². The first kappa shape index (κ1) is 13.3. The van der Waals surface area contributed by atoms with Crippen molar-refractivity contribution >= 4 is 17.3 Å². The quantitative estimate of drug-likeness (QED) is 0.887. The highest BCUT2D eigenvalue weighted by atomic mass is 15.2. The third kappa shape index (κ3) is 3.09. The molecule has 6 nitrogen and oxygen atoms in total. The summed E-state index contributed by atoms with van der Waals surface area (Å²) >= 11 is 0. The minimum atomic E-state index is 0.531. The highest BCUT2D eigenvalue weighted by molar-refractivity contribution is 5.75. The predicted octanol–water partition coefficient (Wildman–Crippen LogP) is 1.50. The lowest BCUT2D eigenvalue weighted by atomic mass is 10.1. The van der Waals surface area contributed by atoms with Gasteiger partial charge >= 0.3 is 0 Å². The van der Waals surface area contributed by atoms with E-state index in [1.54, 1.807) is 18.5 Å². The van der Waals surface area contributed by atoms with Gasteiger partial charge in [-0.05, 0) is 24.3 Å². The topological polar surface area (TPSA) is 76.9 Å². The van der Waals surface area contributed by atoms with Crippen LogP contribution in [0.1, 0.15) is 5.56 Å². The van der Waals surface area contributed by atoms with Gasteiger partial charge in [0.1, 0.15) is 0 Å². The van der Waals surface area contributed by atoms with E-state index in [9.17, 15) is 0 Å². The minimum Gasteiger partial charge on any atom is -0.367 e. The summed E-state index contributed by atoms with van der Waals surface area (Å²) in [5.74, 6) is 0.531. The first-order chi connectivity index (χ1) is 10.4. The number of benzene rings is 1. The first-order valence-corrected chi connectivity index (χ1v) is 6.91. The maximum absolute atomic E-state index is 9.10. The molecule has 0 amide bonds. The van der Waals surface area contributed by atoms with Crippen LogP contribution in [0.25, 0.3) is 0 Å². The average Bonchev–Trinajstić information content (AvgIpc) is 2.56. The summed E-state index contributed by atoms with van der Waals surface area (Å²) in [7, 11) is 0. The van der Waals surface area contributed by atoms with Gasteiger partial charge in [-0.15, -0.1) is 0 Å². The Morgan fingerprint density at radius 2 is 1.95 bits per heavy atom. The van der Waals surface area contributed by atoms with Crippen molar-refractivity contribution in [3.05, 3.63) is 42.2 Å². The Kier molecular flexibility index (Phi) is 3.94. The van der Waals surface area contributed by atoms with E-state index in [1.807, 2.05) is 18.2 Å². The van der Waals surface area contributed by atoms with E-state index < -0.39 is 0 Å². The smallest absolute Gasteiger partial charge is 0.227 e. The van der Waals surface area contributed by atoms with Gasteiger partial charge in [0.25, 0.3) is 0 Å². The van der Waals surface area contributed by atoms with Gasteiger partial charge in [-0.2, -0.15) is 5.26 Å². The number of nitrogens with one attached hydrogen (secondary N) is 2. The number of hydrogen-bond acceptors (Lipinski definition) is 6. The molecule has 1 fully saturated rings. The zero-order chi connectivity index (χ0) is 14.5. The van der Waals surface area contributed by atoms with E-state index in [0.29, 0.717) is 11.5 Å². The molecule has 1 saturated heterocycles. The molecule has 1 aliphatic rings. The van der Waals surface area contributed by atoms with E-state index in [2.05, 4.69) is 31.6 Å². The van der Waals surface area contributed by atoms with Gasteiger partial charge in [-0.25, -0.2) is 9.97 Å². The molecule has 2 aromatic rings. The minimum absolute atomic E-state index is 0.531. The van der Waals surface area contributed by atoms with Crippen LogP contribution in [-0.2, 0) is 0 Å². The fourth-order valence-corrected chi connectivity index (χ4v) is 2.37.